The molecule has 0 saturated heterocycles. The van der Waals surface area contributed by atoms with E-state index in [1.165, 1.54) is 10.6 Å². The Hall–Kier alpha value is -3.07. The number of carbonyl (C=O) groups excluding carboxylic acids is 1. The Bertz CT molecular complexity index is 1140. The Kier molecular flexibility index (Phi) is 5.55. The lowest BCUT2D eigenvalue weighted by Gasteiger charge is -2.13. The maximum Gasteiger partial charge on any atom is 0.346 e. The number of hydrogen-bond donors (Lipinski definition) is 2. The van der Waals surface area contributed by atoms with E-state index in [4.69, 9.17) is 5.73 Å². The highest BCUT2D eigenvalue weighted by Gasteiger charge is 2.21. The number of aromatic carboxylic acids is 1. The van der Waals surface area contributed by atoms with Gasteiger partial charge in [0.05, 0.1) is 5.39 Å². The number of carbonyl (C=O) groups is 2. The second kappa shape index (κ2) is 7.89. The zero-order valence-electron chi connectivity index (χ0n) is 15.1. The maximum atomic E-state index is 14.1. The topological polar surface area (TPSA) is 115 Å². The van der Waals surface area contributed by atoms with E-state index in [1.54, 1.807) is 25.1 Å². The van der Waals surface area contributed by atoms with Crippen molar-refractivity contribution in [1.29, 1.82) is 0 Å². The van der Waals surface area contributed by atoms with Crippen LogP contribution in [-0.2, 0) is 17.8 Å². The highest BCUT2D eigenvalue weighted by atomic mass is 32.1. The normalized spacial score (nSPS) is 11.1. The van der Waals surface area contributed by atoms with Crippen LogP contribution < -0.4 is 11.3 Å². The predicted molar refractivity (Wildman–Crippen MR) is 103 cm³/mol. The number of carboxylic acid groups (broad SMARTS) is 1. The lowest BCUT2D eigenvalue weighted by atomic mass is 10.1. The van der Waals surface area contributed by atoms with Crippen molar-refractivity contribution in [3.05, 3.63) is 62.3 Å². The van der Waals surface area contributed by atoms with Gasteiger partial charge in [0.1, 0.15) is 21.3 Å². The average molecular weight is 403 g/mol. The maximum absolute atomic E-state index is 14.1. The smallest absolute Gasteiger partial charge is 0.346 e. The molecule has 0 atom stereocenters. The summed E-state index contributed by atoms with van der Waals surface area (Å²) in [5.74, 6) is -1.73. The number of nitrogens with two attached hydrogens (primary N) is 1. The summed E-state index contributed by atoms with van der Waals surface area (Å²) in [5, 5.41) is 9.58. The lowest BCUT2D eigenvalue weighted by molar-refractivity contribution is -0.118. The molecule has 3 N–H and O–H groups in total. The lowest BCUT2D eigenvalue weighted by Crippen LogP contribution is -2.26. The number of aryl methyl sites for hydroxylation is 1. The first kappa shape index (κ1) is 19.7. The summed E-state index contributed by atoms with van der Waals surface area (Å²) in [6.07, 6.45) is 0.474. The van der Waals surface area contributed by atoms with E-state index < -0.39 is 23.3 Å². The molecule has 7 nitrogen and oxygen atoms in total. The van der Waals surface area contributed by atoms with Crippen LogP contribution in [0.3, 0.4) is 0 Å². The number of halogens is 1. The number of rotatable bonds is 7. The second-order valence-electron chi connectivity index (χ2n) is 6.36. The fourth-order valence-electron chi connectivity index (χ4n) is 3.05. The van der Waals surface area contributed by atoms with E-state index in [9.17, 15) is 23.9 Å². The molecule has 0 spiro atoms. The van der Waals surface area contributed by atoms with E-state index in [1.807, 2.05) is 0 Å². The summed E-state index contributed by atoms with van der Waals surface area (Å²) in [4.78, 5) is 40.4. The van der Waals surface area contributed by atoms with Gasteiger partial charge in [-0.3, -0.25) is 14.2 Å². The molecule has 0 fully saturated rings. The van der Waals surface area contributed by atoms with E-state index in [0.717, 1.165) is 11.3 Å². The molecule has 0 aliphatic heterocycles. The average Bonchev–Trinajstić information content (AvgIpc) is 2.96. The van der Waals surface area contributed by atoms with Gasteiger partial charge in [0.2, 0.25) is 5.91 Å². The van der Waals surface area contributed by atoms with Crippen molar-refractivity contribution >= 4 is 33.4 Å². The predicted octanol–water partition coefficient (Wildman–Crippen LogP) is 2.46. The summed E-state index contributed by atoms with van der Waals surface area (Å²) in [6, 6.07) is 6.17. The number of aromatic nitrogens is 2. The minimum absolute atomic E-state index is 0.0475. The van der Waals surface area contributed by atoms with Gasteiger partial charge in [-0.1, -0.05) is 18.2 Å². The number of primary amides is 1. The Morgan fingerprint density at radius 1 is 1.32 bits per heavy atom. The molecule has 9 heteroatoms. The SMILES string of the molecule is Cc1c(C(=O)O)sc2nc(Cc3ccccc3F)n(CCCC(N)=O)c(=O)c12. The van der Waals surface area contributed by atoms with Gasteiger partial charge < -0.3 is 10.8 Å². The number of benzene rings is 1. The van der Waals surface area contributed by atoms with Gasteiger partial charge in [0.15, 0.2) is 0 Å². The fraction of sp³-hybridized carbons (Fsp3) is 0.263. The quantitative estimate of drug-likeness (QED) is 0.629. The van der Waals surface area contributed by atoms with Crippen molar-refractivity contribution in [3.63, 3.8) is 0 Å². The van der Waals surface area contributed by atoms with Crippen molar-refractivity contribution in [1.82, 2.24) is 9.55 Å². The van der Waals surface area contributed by atoms with Crippen LogP contribution >= 0.6 is 11.3 Å². The van der Waals surface area contributed by atoms with Crippen molar-refractivity contribution in [2.75, 3.05) is 0 Å². The first-order valence-corrected chi connectivity index (χ1v) is 9.39. The van der Waals surface area contributed by atoms with Crippen LogP contribution in [0.2, 0.25) is 0 Å². The third kappa shape index (κ3) is 3.79. The summed E-state index contributed by atoms with van der Waals surface area (Å²) in [5.41, 5.74) is 5.49. The summed E-state index contributed by atoms with van der Waals surface area (Å²) < 4.78 is 15.5. The zero-order valence-corrected chi connectivity index (χ0v) is 15.9. The molecule has 2 aromatic heterocycles. The Labute approximate surface area is 163 Å². The Balaban J connectivity index is 2.16. The monoisotopic (exact) mass is 403 g/mol. The molecule has 1 aromatic carbocycles. The molecule has 2 heterocycles. The summed E-state index contributed by atoms with van der Waals surface area (Å²) >= 11 is 0.921. The molecule has 0 bridgehead atoms. The molecule has 0 aliphatic carbocycles. The summed E-state index contributed by atoms with van der Waals surface area (Å²) in [7, 11) is 0. The molecule has 3 rings (SSSR count). The first-order valence-electron chi connectivity index (χ1n) is 8.57. The van der Waals surface area contributed by atoms with Gasteiger partial charge >= 0.3 is 5.97 Å². The number of carboxylic acids is 1. The molecule has 0 radical (unpaired) electrons. The third-order valence-corrected chi connectivity index (χ3v) is 5.61. The van der Waals surface area contributed by atoms with E-state index in [0.29, 0.717) is 28.2 Å². The molecule has 146 valence electrons. The summed E-state index contributed by atoms with van der Waals surface area (Å²) in [6.45, 7) is 1.74. The second-order valence-corrected chi connectivity index (χ2v) is 7.36. The van der Waals surface area contributed by atoms with Crippen molar-refractivity contribution in [2.24, 2.45) is 5.73 Å². The zero-order chi connectivity index (χ0) is 20.4. The fourth-order valence-corrected chi connectivity index (χ4v) is 4.08. The van der Waals surface area contributed by atoms with E-state index in [-0.39, 0.29) is 29.6 Å². The van der Waals surface area contributed by atoms with E-state index in [2.05, 4.69) is 4.98 Å². The number of fused-ring (bicyclic) bond motifs is 1. The van der Waals surface area contributed by atoms with Crippen LogP contribution in [0.5, 0.6) is 0 Å². The van der Waals surface area contributed by atoms with Crippen LogP contribution in [0.15, 0.2) is 29.1 Å². The number of amides is 1. The number of thiophene rings is 1. The molecule has 0 unspecified atom stereocenters. The van der Waals surface area contributed by atoms with Crippen LogP contribution in [0.4, 0.5) is 4.39 Å². The van der Waals surface area contributed by atoms with Gasteiger partial charge in [-0.15, -0.1) is 11.3 Å². The van der Waals surface area contributed by atoms with Gasteiger partial charge in [0.25, 0.3) is 5.56 Å². The highest BCUT2D eigenvalue weighted by molar-refractivity contribution is 7.20. The largest absolute Gasteiger partial charge is 0.477 e. The van der Waals surface area contributed by atoms with Crippen LogP contribution in [0.25, 0.3) is 10.2 Å². The molecular weight excluding hydrogens is 385 g/mol. The number of hydrogen-bond acceptors (Lipinski definition) is 5. The van der Waals surface area contributed by atoms with Gasteiger partial charge in [0, 0.05) is 19.4 Å². The van der Waals surface area contributed by atoms with Gasteiger partial charge in [-0.2, -0.15) is 0 Å². The van der Waals surface area contributed by atoms with Gasteiger partial charge in [-0.25, -0.2) is 14.2 Å². The highest BCUT2D eigenvalue weighted by Crippen LogP contribution is 2.28. The number of nitrogens with zero attached hydrogens (tertiary/aromatic N) is 2. The first-order chi connectivity index (χ1) is 13.3. The molecule has 3 aromatic rings. The minimum Gasteiger partial charge on any atom is -0.477 e. The Morgan fingerprint density at radius 3 is 2.68 bits per heavy atom. The molecular formula is C19H18FN3O4S. The third-order valence-electron chi connectivity index (χ3n) is 4.43. The van der Waals surface area contributed by atoms with Crippen molar-refractivity contribution < 1.29 is 19.1 Å². The molecule has 0 saturated carbocycles. The van der Waals surface area contributed by atoms with Crippen LogP contribution in [0, 0.1) is 12.7 Å². The van der Waals surface area contributed by atoms with Crippen molar-refractivity contribution in [3.8, 4) is 0 Å². The molecule has 0 aliphatic rings. The standard InChI is InChI=1S/C19H18FN3O4S/c1-10-15-17(28-16(10)19(26)27)22-14(9-11-5-2-3-6-12(11)20)23(18(15)25)8-4-7-13(21)24/h2-3,5-6H,4,7-9H2,1H3,(H2,21,24)(H,26,27). The molecule has 1 amide bonds. The van der Waals surface area contributed by atoms with Crippen LogP contribution in [-0.4, -0.2) is 26.5 Å². The Morgan fingerprint density at radius 2 is 2.04 bits per heavy atom. The van der Waals surface area contributed by atoms with Crippen LogP contribution in [0.1, 0.15) is 39.5 Å². The van der Waals surface area contributed by atoms with E-state index >= 15 is 0 Å². The molecule has 28 heavy (non-hydrogen) atoms. The van der Waals surface area contributed by atoms with Gasteiger partial charge in [-0.05, 0) is 30.5 Å². The minimum atomic E-state index is -1.13. The van der Waals surface area contributed by atoms with Crippen molar-refractivity contribution in [2.45, 2.75) is 32.7 Å².